The standard InChI is InChI=1S/C29H25ClN8O4/c1-16-6-5-7-18(10-16)24(15-39)33-27(40)17(2)37-14-23-20(28(37)41)11-19(12-31-23)26-21(30)13-32-29(34-26)42-38-25-9-4-3-8-22(25)35-36-38/h3-13,17,24,39H,14-15H2,1-2H3,(H,33,40)/t17?,24-/m1/s1. The third kappa shape index (κ3) is 5.13. The van der Waals surface area contributed by atoms with Gasteiger partial charge in [-0.1, -0.05) is 58.4 Å². The third-order valence-corrected chi connectivity index (χ3v) is 7.33. The molecule has 4 heterocycles. The van der Waals surface area contributed by atoms with Gasteiger partial charge in [-0.2, -0.15) is 4.98 Å². The molecule has 1 unspecified atom stereocenters. The first-order valence-corrected chi connectivity index (χ1v) is 13.5. The molecule has 1 aliphatic heterocycles. The number of aryl methyl sites for hydroxylation is 1. The SMILES string of the molecule is Cc1cccc([C@@H](CO)NC(=O)C(C)N2Cc3ncc(-c4nc(On5nnc6ccccc65)ncc4Cl)cc3C2=O)c1. The molecule has 0 bridgehead atoms. The average Bonchev–Trinajstić information content (AvgIpc) is 3.56. The topological polar surface area (TPSA) is 148 Å². The molecule has 2 N–H and O–H groups in total. The number of aliphatic hydroxyl groups is 1. The molecule has 2 atom stereocenters. The highest BCUT2D eigenvalue weighted by atomic mass is 35.5. The van der Waals surface area contributed by atoms with Gasteiger partial charge in [0.2, 0.25) is 5.91 Å². The van der Waals surface area contributed by atoms with Crippen LogP contribution in [-0.2, 0) is 11.3 Å². The largest absolute Gasteiger partial charge is 0.394 e. The van der Waals surface area contributed by atoms with Crippen LogP contribution < -0.4 is 10.2 Å². The summed E-state index contributed by atoms with van der Waals surface area (Å²) in [6.45, 7) is 3.45. The van der Waals surface area contributed by atoms with Crippen molar-refractivity contribution in [3.63, 3.8) is 0 Å². The second-order valence-electron chi connectivity index (χ2n) is 9.88. The molecule has 0 fully saturated rings. The van der Waals surface area contributed by atoms with Crippen LogP contribution in [0.2, 0.25) is 5.02 Å². The van der Waals surface area contributed by atoms with Crippen LogP contribution in [0.4, 0.5) is 0 Å². The fourth-order valence-electron chi connectivity index (χ4n) is 4.78. The number of fused-ring (bicyclic) bond motifs is 2. The molecule has 13 heteroatoms. The summed E-state index contributed by atoms with van der Waals surface area (Å²) in [6, 6.07) is 15.0. The highest BCUT2D eigenvalue weighted by molar-refractivity contribution is 6.32. The van der Waals surface area contributed by atoms with Gasteiger partial charge in [-0.05, 0) is 42.8 Å². The van der Waals surface area contributed by atoms with Crippen molar-refractivity contribution < 1.29 is 19.5 Å². The lowest BCUT2D eigenvalue weighted by Crippen LogP contribution is -2.46. The zero-order chi connectivity index (χ0) is 29.4. The minimum atomic E-state index is -0.811. The van der Waals surface area contributed by atoms with Gasteiger partial charge in [-0.15, -0.1) is 5.10 Å². The molecule has 0 radical (unpaired) electrons. The molecule has 0 aliphatic carbocycles. The summed E-state index contributed by atoms with van der Waals surface area (Å²) in [5, 5.41) is 21.0. The zero-order valence-corrected chi connectivity index (χ0v) is 23.4. The molecule has 5 aromatic rings. The second-order valence-corrected chi connectivity index (χ2v) is 10.3. The van der Waals surface area contributed by atoms with Gasteiger partial charge in [0.25, 0.3) is 5.91 Å². The molecule has 212 valence electrons. The number of halogens is 1. The van der Waals surface area contributed by atoms with Crippen LogP contribution in [0.15, 0.2) is 67.0 Å². The number of aromatic nitrogens is 6. The lowest BCUT2D eigenvalue weighted by molar-refractivity contribution is -0.126. The number of nitrogens with zero attached hydrogens (tertiary/aromatic N) is 7. The molecule has 2 aromatic carbocycles. The number of rotatable bonds is 8. The lowest BCUT2D eigenvalue weighted by Gasteiger charge is -2.26. The Bertz CT molecular complexity index is 1830. The Labute approximate surface area is 244 Å². The van der Waals surface area contributed by atoms with Crippen molar-refractivity contribution in [1.82, 2.24) is 40.3 Å². The maximum atomic E-state index is 13.4. The maximum Gasteiger partial charge on any atom is 0.346 e. The van der Waals surface area contributed by atoms with Crippen molar-refractivity contribution in [2.24, 2.45) is 0 Å². The third-order valence-electron chi connectivity index (χ3n) is 7.06. The molecule has 1 aliphatic rings. The number of hydrogen-bond donors (Lipinski definition) is 2. The average molecular weight is 585 g/mol. The van der Waals surface area contributed by atoms with Gasteiger partial charge in [-0.25, -0.2) is 4.98 Å². The van der Waals surface area contributed by atoms with Crippen LogP contribution in [0.25, 0.3) is 22.3 Å². The van der Waals surface area contributed by atoms with Gasteiger partial charge in [0.15, 0.2) is 0 Å². The predicted octanol–water partition coefficient (Wildman–Crippen LogP) is 3.28. The van der Waals surface area contributed by atoms with Crippen LogP contribution in [0.3, 0.4) is 0 Å². The first-order valence-electron chi connectivity index (χ1n) is 13.1. The van der Waals surface area contributed by atoms with E-state index in [0.717, 1.165) is 11.1 Å². The van der Waals surface area contributed by atoms with Gasteiger partial charge in [0.05, 0.1) is 47.4 Å². The van der Waals surface area contributed by atoms with E-state index in [1.165, 1.54) is 15.9 Å². The first kappa shape index (κ1) is 27.2. The van der Waals surface area contributed by atoms with Crippen LogP contribution in [0.1, 0.15) is 40.1 Å². The van der Waals surface area contributed by atoms with E-state index in [2.05, 4.69) is 30.6 Å². The highest BCUT2D eigenvalue weighted by Gasteiger charge is 2.36. The van der Waals surface area contributed by atoms with Gasteiger partial charge in [0.1, 0.15) is 17.1 Å². The number of nitrogens with one attached hydrogen (secondary N) is 1. The molecule has 0 saturated carbocycles. The van der Waals surface area contributed by atoms with Crippen LogP contribution in [0.5, 0.6) is 6.01 Å². The number of carbonyl (C=O) groups excluding carboxylic acids is 2. The molecule has 42 heavy (non-hydrogen) atoms. The zero-order valence-electron chi connectivity index (χ0n) is 22.6. The number of amides is 2. The fourth-order valence-corrected chi connectivity index (χ4v) is 4.98. The maximum absolute atomic E-state index is 13.4. The minimum absolute atomic E-state index is 0.0316. The van der Waals surface area contributed by atoms with Gasteiger partial charge < -0.3 is 20.2 Å². The summed E-state index contributed by atoms with van der Waals surface area (Å²) in [6.07, 6.45) is 2.95. The summed E-state index contributed by atoms with van der Waals surface area (Å²) in [5.41, 5.74) is 4.70. The number of carbonyl (C=O) groups is 2. The molecule has 12 nitrogen and oxygen atoms in total. The number of pyridine rings is 1. The number of benzene rings is 2. The summed E-state index contributed by atoms with van der Waals surface area (Å²) in [7, 11) is 0. The van der Waals surface area contributed by atoms with E-state index in [4.69, 9.17) is 16.4 Å². The van der Waals surface area contributed by atoms with Crippen molar-refractivity contribution in [2.75, 3.05) is 6.61 Å². The molecule has 2 amide bonds. The Balaban J connectivity index is 1.20. The van der Waals surface area contributed by atoms with Crippen molar-refractivity contribution >= 4 is 34.4 Å². The Morgan fingerprint density at radius 2 is 1.98 bits per heavy atom. The van der Waals surface area contributed by atoms with Crippen LogP contribution in [0, 0.1) is 6.92 Å². The van der Waals surface area contributed by atoms with Crippen molar-refractivity contribution in [1.29, 1.82) is 0 Å². The first-order chi connectivity index (χ1) is 20.3. The van der Waals surface area contributed by atoms with Crippen molar-refractivity contribution in [3.05, 3.63) is 94.4 Å². The summed E-state index contributed by atoms with van der Waals surface area (Å²) >= 11 is 6.43. The smallest absolute Gasteiger partial charge is 0.346 e. The van der Waals surface area contributed by atoms with Crippen LogP contribution >= 0.6 is 11.6 Å². The van der Waals surface area contributed by atoms with Gasteiger partial charge in [0, 0.05) is 11.8 Å². The van der Waals surface area contributed by atoms with E-state index in [-0.39, 0.29) is 30.1 Å². The van der Waals surface area contributed by atoms with Gasteiger partial charge in [-0.3, -0.25) is 14.6 Å². The molecular weight excluding hydrogens is 560 g/mol. The van der Waals surface area contributed by atoms with E-state index in [9.17, 15) is 14.7 Å². The monoisotopic (exact) mass is 584 g/mol. The van der Waals surface area contributed by atoms with E-state index in [1.54, 1.807) is 31.3 Å². The molecular formula is C29H25ClN8O4. The number of aliphatic hydroxyl groups excluding tert-OH is 1. The Morgan fingerprint density at radius 3 is 2.79 bits per heavy atom. The van der Waals surface area contributed by atoms with Gasteiger partial charge >= 0.3 is 6.01 Å². The fraction of sp³-hybridized carbons (Fsp3) is 0.207. The summed E-state index contributed by atoms with van der Waals surface area (Å²) in [4.78, 5) is 48.0. The number of hydrogen-bond acceptors (Lipinski definition) is 9. The number of para-hydroxylation sites is 1. The van der Waals surface area contributed by atoms with Crippen LogP contribution in [-0.4, -0.2) is 64.6 Å². The lowest BCUT2D eigenvalue weighted by atomic mass is 10.0. The molecule has 0 spiro atoms. The predicted molar refractivity (Wildman–Crippen MR) is 152 cm³/mol. The Hall–Kier alpha value is -4.94. The van der Waals surface area contributed by atoms with Crippen molar-refractivity contribution in [2.45, 2.75) is 32.5 Å². The molecule has 6 rings (SSSR count). The Kier molecular flexibility index (Phi) is 7.23. The quantitative estimate of drug-likeness (QED) is 0.280. The Morgan fingerprint density at radius 1 is 1.14 bits per heavy atom. The normalized spacial score (nSPS) is 14.1. The minimum Gasteiger partial charge on any atom is -0.394 e. The second kappa shape index (κ2) is 11.1. The van der Waals surface area contributed by atoms with E-state index in [0.29, 0.717) is 33.5 Å². The summed E-state index contributed by atoms with van der Waals surface area (Å²) < 4.78 is 0. The van der Waals surface area contributed by atoms with E-state index < -0.39 is 18.0 Å². The van der Waals surface area contributed by atoms with Crippen molar-refractivity contribution in [3.8, 4) is 17.3 Å². The summed E-state index contributed by atoms with van der Waals surface area (Å²) in [5.74, 6) is -0.743. The van der Waals surface area contributed by atoms with E-state index >= 15 is 0 Å². The molecule has 0 saturated heterocycles. The molecule has 3 aromatic heterocycles. The highest BCUT2D eigenvalue weighted by Crippen LogP contribution is 2.31. The van der Waals surface area contributed by atoms with E-state index in [1.807, 2.05) is 43.3 Å².